The van der Waals surface area contributed by atoms with E-state index in [4.69, 9.17) is 9.59 Å². The Bertz CT molecular complexity index is 453. The zero-order valence-corrected chi connectivity index (χ0v) is 17.2. The van der Waals surface area contributed by atoms with E-state index in [9.17, 15) is 0 Å². The van der Waals surface area contributed by atoms with Gasteiger partial charge in [0.25, 0.3) is 0 Å². The van der Waals surface area contributed by atoms with Crippen LogP contribution < -0.4 is 0 Å². The average molecular weight is 345 g/mol. The molecule has 2 nitrogen and oxygen atoms in total. The van der Waals surface area contributed by atoms with Gasteiger partial charge in [0.1, 0.15) is 0 Å². The highest BCUT2D eigenvalue weighted by molar-refractivity contribution is 5.20. The molecule has 2 heteroatoms. The summed E-state index contributed by atoms with van der Waals surface area (Å²) in [6.45, 7) is 16.8. The third-order valence-corrected chi connectivity index (χ3v) is 2.93. The van der Waals surface area contributed by atoms with Gasteiger partial charge in [0.05, 0.1) is 0 Å². The van der Waals surface area contributed by atoms with Crippen LogP contribution in [0.25, 0.3) is 0 Å². The van der Waals surface area contributed by atoms with Gasteiger partial charge in [0.15, 0.2) is 0 Å². The Hall–Kier alpha value is -2.18. The van der Waals surface area contributed by atoms with Crippen LogP contribution in [-0.4, -0.2) is 6.15 Å². The summed E-state index contributed by atoms with van der Waals surface area (Å²) in [6, 6.07) is 21.0. The van der Waals surface area contributed by atoms with E-state index in [0.29, 0.717) is 11.8 Å². The van der Waals surface area contributed by atoms with Gasteiger partial charge in [-0.05, 0) is 23.0 Å². The fourth-order valence-corrected chi connectivity index (χ4v) is 1.68. The molecule has 140 valence electrons. The van der Waals surface area contributed by atoms with E-state index in [-0.39, 0.29) is 6.15 Å². The van der Waals surface area contributed by atoms with Crippen molar-refractivity contribution in [2.75, 3.05) is 0 Å². The molecule has 0 N–H and O–H groups in total. The molecular formula is C23H36O2. The van der Waals surface area contributed by atoms with Gasteiger partial charge in [-0.1, -0.05) is 116 Å². The Morgan fingerprint density at radius 1 is 0.560 bits per heavy atom. The summed E-state index contributed by atoms with van der Waals surface area (Å²) in [7, 11) is 0. The second-order valence-corrected chi connectivity index (χ2v) is 5.21. The molecule has 0 aliphatic rings. The maximum Gasteiger partial charge on any atom is 0.373 e. The molecule has 0 aliphatic carbocycles. The quantitative estimate of drug-likeness (QED) is 0.583. The number of rotatable bonds is 2. The van der Waals surface area contributed by atoms with E-state index in [1.807, 2.05) is 39.8 Å². The van der Waals surface area contributed by atoms with Crippen molar-refractivity contribution in [1.29, 1.82) is 0 Å². The monoisotopic (exact) mass is 344 g/mol. The summed E-state index contributed by atoms with van der Waals surface area (Å²) in [4.78, 5) is 16.2. The molecule has 0 atom stereocenters. The van der Waals surface area contributed by atoms with Gasteiger partial charge in [-0.3, -0.25) is 0 Å². The second kappa shape index (κ2) is 21.8. The van der Waals surface area contributed by atoms with Crippen molar-refractivity contribution >= 4 is 6.15 Å². The molecule has 0 aliphatic heterocycles. The molecule has 0 bridgehead atoms. The Labute approximate surface area is 155 Å². The summed E-state index contributed by atoms with van der Waals surface area (Å²) in [5.74, 6) is 1.32. The lowest BCUT2D eigenvalue weighted by Gasteiger charge is -2.01. The predicted octanol–water partition coefficient (Wildman–Crippen LogP) is 7.09. The first kappa shape index (κ1) is 27.7. The van der Waals surface area contributed by atoms with E-state index < -0.39 is 0 Å². The van der Waals surface area contributed by atoms with E-state index in [1.165, 1.54) is 11.1 Å². The minimum Gasteiger partial charge on any atom is -0.186 e. The van der Waals surface area contributed by atoms with Crippen molar-refractivity contribution < 1.29 is 9.59 Å². The number of hydrogen-bond acceptors (Lipinski definition) is 2. The van der Waals surface area contributed by atoms with E-state index >= 15 is 0 Å². The van der Waals surface area contributed by atoms with Crippen LogP contribution in [0.4, 0.5) is 0 Å². The summed E-state index contributed by atoms with van der Waals surface area (Å²) < 4.78 is 0. The zero-order valence-electron chi connectivity index (χ0n) is 17.2. The zero-order chi connectivity index (χ0) is 20.1. The van der Waals surface area contributed by atoms with Crippen LogP contribution in [-0.2, 0) is 9.59 Å². The number of hydrogen-bond donors (Lipinski definition) is 0. The molecule has 2 aromatic rings. The summed E-state index contributed by atoms with van der Waals surface area (Å²) >= 11 is 0. The molecule has 0 saturated carbocycles. The molecule has 0 radical (unpaired) electrons. The highest BCUT2D eigenvalue weighted by Crippen LogP contribution is 2.12. The normalized spacial score (nSPS) is 8.08. The first-order valence-corrected chi connectivity index (χ1v) is 9.12. The fourth-order valence-electron chi connectivity index (χ4n) is 1.68. The SMILES string of the molecule is CC.CC.CC(C)c1ccccc1.CC(C)c1ccccc1.O=C=O. The minimum absolute atomic E-state index is 0.250. The molecule has 0 spiro atoms. The molecular weight excluding hydrogens is 308 g/mol. The maximum atomic E-state index is 8.12. The molecule has 25 heavy (non-hydrogen) atoms. The molecule has 0 fully saturated rings. The molecule has 2 rings (SSSR count). The Balaban J connectivity index is -0.000000287. The summed E-state index contributed by atoms with van der Waals surface area (Å²) in [5.41, 5.74) is 2.83. The van der Waals surface area contributed by atoms with Crippen LogP contribution in [0.3, 0.4) is 0 Å². The van der Waals surface area contributed by atoms with Crippen molar-refractivity contribution in [3.8, 4) is 0 Å². The number of carbonyl (C=O) groups excluding carboxylic acids is 2. The van der Waals surface area contributed by atoms with Gasteiger partial charge in [0, 0.05) is 0 Å². The third-order valence-electron chi connectivity index (χ3n) is 2.93. The van der Waals surface area contributed by atoms with Crippen LogP contribution >= 0.6 is 0 Å². The van der Waals surface area contributed by atoms with Crippen molar-refractivity contribution in [3.05, 3.63) is 71.8 Å². The Morgan fingerprint density at radius 2 is 0.760 bits per heavy atom. The number of benzene rings is 2. The van der Waals surface area contributed by atoms with Crippen molar-refractivity contribution in [2.45, 2.75) is 67.2 Å². The van der Waals surface area contributed by atoms with E-state index in [1.54, 1.807) is 0 Å². The van der Waals surface area contributed by atoms with Crippen molar-refractivity contribution in [1.82, 2.24) is 0 Å². The first-order chi connectivity index (χ1) is 12.0. The van der Waals surface area contributed by atoms with Crippen LogP contribution in [0.1, 0.15) is 78.4 Å². The van der Waals surface area contributed by atoms with Crippen molar-refractivity contribution in [3.63, 3.8) is 0 Å². The predicted molar refractivity (Wildman–Crippen MR) is 109 cm³/mol. The van der Waals surface area contributed by atoms with Crippen molar-refractivity contribution in [2.24, 2.45) is 0 Å². The lowest BCUT2D eigenvalue weighted by molar-refractivity contribution is -0.191. The minimum atomic E-state index is 0.250. The topological polar surface area (TPSA) is 34.1 Å². The highest BCUT2D eigenvalue weighted by Gasteiger charge is 1.94. The fraction of sp³-hybridized carbons (Fsp3) is 0.435. The smallest absolute Gasteiger partial charge is 0.186 e. The molecule has 0 amide bonds. The van der Waals surface area contributed by atoms with Crippen LogP contribution in [0, 0.1) is 0 Å². The molecule has 0 heterocycles. The van der Waals surface area contributed by atoms with Gasteiger partial charge in [-0.15, -0.1) is 0 Å². The van der Waals surface area contributed by atoms with E-state index in [0.717, 1.165) is 0 Å². The molecule has 0 unspecified atom stereocenters. The standard InChI is InChI=1S/2C9H12.2C2H6.CO2/c2*1-8(2)9-6-4-3-5-7-9;2*1-2;2-1-3/h2*3-8H,1-2H3;2*1-2H3;. The molecule has 0 saturated heterocycles. The lowest BCUT2D eigenvalue weighted by Crippen LogP contribution is -1.83. The van der Waals surface area contributed by atoms with E-state index in [2.05, 4.69) is 76.2 Å². The Morgan fingerprint density at radius 3 is 0.880 bits per heavy atom. The highest BCUT2D eigenvalue weighted by atomic mass is 16.2. The average Bonchev–Trinajstić information content (AvgIpc) is 2.67. The maximum absolute atomic E-state index is 8.12. The molecule has 2 aromatic carbocycles. The molecule has 0 aromatic heterocycles. The first-order valence-electron chi connectivity index (χ1n) is 9.12. The van der Waals surface area contributed by atoms with Crippen LogP contribution in [0.5, 0.6) is 0 Å². The van der Waals surface area contributed by atoms with Gasteiger partial charge < -0.3 is 0 Å². The van der Waals surface area contributed by atoms with Crippen LogP contribution in [0.2, 0.25) is 0 Å². The van der Waals surface area contributed by atoms with Gasteiger partial charge in [-0.25, -0.2) is 0 Å². The van der Waals surface area contributed by atoms with Gasteiger partial charge >= 0.3 is 6.15 Å². The van der Waals surface area contributed by atoms with Crippen LogP contribution in [0.15, 0.2) is 60.7 Å². The third kappa shape index (κ3) is 18.0. The summed E-state index contributed by atoms with van der Waals surface area (Å²) in [5, 5.41) is 0. The second-order valence-electron chi connectivity index (χ2n) is 5.21. The summed E-state index contributed by atoms with van der Waals surface area (Å²) in [6.07, 6.45) is 0.250. The van der Waals surface area contributed by atoms with Gasteiger partial charge in [0.2, 0.25) is 0 Å². The van der Waals surface area contributed by atoms with Gasteiger partial charge in [-0.2, -0.15) is 9.59 Å². The Kier molecular flexibility index (Phi) is 24.1. The largest absolute Gasteiger partial charge is 0.373 e. The lowest BCUT2D eigenvalue weighted by atomic mass is 10.0.